The molecule has 1 saturated heterocycles. The summed E-state index contributed by atoms with van der Waals surface area (Å²) in [5.74, 6) is -5.77. The second-order valence-corrected chi connectivity index (χ2v) is 18.0. The SMILES string of the molecule is C[C@@H](Cc1ccc(CCNC(=O)c2ccc(N(C)C(=O)CCN3CCC(OC(=O)Nc4ccccc4-c4ccccc4)CC3)cc2)cc1)NC[C@H](O)c1ccc(O)c2[nH]c(=O)ccc12.O=C(O)C(F)(F)F.O=C(O)C(F)(F)F. The number of aromatic nitrogens is 1. The predicted molar refractivity (Wildman–Crippen MR) is 278 cm³/mol. The van der Waals surface area contributed by atoms with Gasteiger partial charge in [-0.3, -0.25) is 19.7 Å². The minimum absolute atomic E-state index is 0.0256. The number of nitrogens with one attached hydrogen (secondary N) is 4. The van der Waals surface area contributed by atoms with E-state index in [0.29, 0.717) is 78.7 Å². The summed E-state index contributed by atoms with van der Waals surface area (Å²) in [6.07, 6.45) is -8.54. The molecule has 6 aromatic rings. The van der Waals surface area contributed by atoms with Gasteiger partial charge in [-0.05, 0) is 97.3 Å². The Hall–Kier alpha value is -8.28. The van der Waals surface area contributed by atoms with Gasteiger partial charge >= 0.3 is 30.4 Å². The number of carbonyl (C=O) groups excluding carboxylic acids is 3. The molecular weight excluding hydrogens is 1030 g/mol. The number of rotatable bonds is 17. The van der Waals surface area contributed by atoms with Crippen molar-refractivity contribution in [1.29, 1.82) is 0 Å². The van der Waals surface area contributed by atoms with Crippen molar-refractivity contribution >= 4 is 52.1 Å². The van der Waals surface area contributed by atoms with Crippen molar-refractivity contribution in [3.63, 3.8) is 0 Å². The number of aliphatic hydroxyl groups excluding tert-OH is 1. The van der Waals surface area contributed by atoms with Crippen LogP contribution in [0.5, 0.6) is 5.75 Å². The number of H-pyrrole nitrogens is 1. The normalized spacial score (nSPS) is 13.6. The third kappa shape index (κ3) is 18.8. The lowest BCUT2D eigenvalue weighted by Gasteiger charge is -2.31. The van der Waals surface area contributed by atoms with Crippen LogP contribution < -0.4 is 26.4 Å². The number of aromatic hydroxyl groups is 1. The molecule has 78 heavy (non-hydrogen) atoms. The second kappa shape index (κ2) is 28.2. The number of amides is 3. The standard InChI is InChI=1S/C51H56N6O7.2C2HF3O2/c1-34(53-33-46(59)42-20-22-45(58)49-43(42)21-23-47(60)55-49)32-36-14-12-35(13-15-36)24-28-52-50(62)38-16-18-39(19-17-38)56(2)48(61)27-31-57-29-25-40(26-30-57)64-51(63)54-44-11-7-6-10-41(44)37-8-4-3-5-9-37;2*3-2(4,5)1(6)7/h3-23,34,40,46,53,58-59H,24-33H2,1-2H3,(H,52,62)(H,54,63)(H,55,60);2*(H,6,7)/t34-,46-;;/m0../s1. The van der Waals surface area contributed by atoms with Crippen LogP contribution in [0.1, 0.15) is 59.3 Å². The number of pyridine rings is 1. The highest BCUT2D eigenvalue weighted by atomic mass is 19.4. The fraction of sp³-hybridized carbons (Fsp3) is 0.309. The predicted octanol–water partition coefficient (Wildman–Crippen LogP) is 8.46. The number of aromatic amines is 1. The highest BCUT2D eigenvalue weighted by Crippen LogP contribution is 2.30. The number of carboxylic acid groups (broad SMARTS) is 2. The number of halogens is 6. The van der Waals surface area contributed by atoms with Crippen LogP contribution in [0.2, 0.25) is 0 Å². The number of fused-ring (bicyclic) bond motifs is 1. The number of aliphatic carboxylic acids is 2. The molecule has 0 saturated carbocycles. The lowest BCUT2D eigenvalue weighted by atomic mass is 10.0. The summed E-state index contributed by atoms with van der Waals surface area (Å²) in [5, 5.41) is 45.2. The van der Waals surface area contributed by atoms with Crippen molar-refractivity contribution in [2.24, 2.45) is 0 Å². The van der Waals surface area contributed by atoms with Gasteiger partial charge in [0, 0.05) is 80.5 Å². The maximum atomic E-state index is 13.1. The largest absolute Gasteiger partial charge is 0.506 e. The maximum Gasteiger partial charge on any atom is 0.490 e. The van der Waals surface area contributed by atoms with E-state index in [9.17, 15) is 55.7 Å². The zero-order valence-corrected chi connectivity index (χ0v) is 42.2. The summed E-state index contributed by atoms with van der Waals surface area (Å²) in [6.45, 7) is 4.86. The number of para-hydroxylation sites is 1. The zero-order valence-electron chi connectivity index (χ0n) is 42.2. The number of alkyl halides is 6. The highest BCUT2D eigenvalue weighted by molar-refractivity contribution is 5.96. The summed E-state index contributed by atoms with van der Waals surface area (Å²) in [4.78, 5) is 74.9. The molecule has 23 heteroatoms. The summed E-state index contributed by atoms with van der Waals surface area (Å²) < 4.78 is 69.2. The Morgan fingerprint density at radius 3 is 1.99 bits per heavy atom. The molecule has 2 heterocycles. The molecule has 7 rings (SSSR count). The summed E-state index contributed by atoms with van der Waals surface area (Å²) in [7, 11) is 1.74. The van der Waals surface area contributed by atoms with Gasteiger partial charge in [-0.1, -0.05) is 78.9 Å². The highest BCUT2D eigenvalue weighted by Gasteiger charge is 2.39. The second-order valence-electron chi connectivity index (χ2n) is 18.0. The van der Waals surface area contributed by atoms with E-state index in [1.54, 1.807) is 48.3 Å². The molecule has 3 amide bonds. The van der Waals surface area contributed by atoms with Crippen molar-refractivity contribution in [3.8, 4) is 16.9 Å². The molecule has 2 atom stereocenters. The molecule has 1 fully saturated rings. The number of piperidine rings is 1. The van der Waals surface area contributed by atoms with Gasteiger partial charge in [-0.15, -0.1) is 0 Å². The molecule has 1 aliphatic rings. The number of carboxylic acids is 2. The Morgan fingerprint density at radius 2 is 1.37 bits per heavy atom. The smallest absolute Gasteiger partial charge is 0.490 e. The van der Waals surface area contributed by atoms with Gasteiger partial charge in [-0.2, -0.15) is 26.3 Å². The number of aliphatic hydroxyl groups is 1. The van der Waals surface area contributed by atoms with E-state index in [4.69, 9.17) is 24.5 Å². The first-order chi connectivity index (χ1) is 36.9. The minimum atomic E-state index is -5.08. The fourth-order valence-electron chi connectivity index (χ4n) is 8.07. The summed E-state index contributed by atoms with van der Waals surface area (Å²) in [5.41, 5.74) is 6.68. The van der Waals surface area contributed by atoms with Crippen molar-refractivity contribution in [2.75, 3.05) is 50.0 Å². The molecule has 1 aliphatic heterocycles. The number of benzene rings is 5. The Morgan fingerprint density at radius 1 is 0.782 bits per heavy atom. The quantitative estimate of drug-likeness (QED) is 0.0400. The first-order valence-corrected chi connectivity index (χ1v) is 24.3. The number of likely N-dealkylation sites (tertiary alicyclic amines) is 1. The van der Waals surface area contributed by atoms with E-state index >= 15 is 0 Å². The van der Waals surface area contributed by atoms with Gasteiger partial charge in [0.15, 0.2) is 0 Å². The van der Waals surface area contributed by atoms with E-state index in [1.165, 1.54) is 12.1 Å². The zero-order chi connectivity index (χ0) is 57.2. The van der Waals surface area contributed by atoms with Crippen LogP contribution in [0.25, 0.3) is 22.0 Å². The number of anilines is 2. The number of hydrogen-bond donors (Lipinski definition) is 8. The molecular formula is C55H58F6N6O11. The number of ether oxygens (including phenoxy) is 1. The maximum absolute atomic E-state index is 13.1. The van der Waals surface area contributed by atoms with Crippen molar-refractivity contribution in [2.45, 2.75) is 69.6 Å². The summed E-state index contributed by atoms with van der Waals surface area (Å²) in [6, 6.07) is 39.0. The Labute approximate surface area is 443 Å². The van der Waals surface area contributed by atoms with Crippen LogP contribution in [0, 0.1) is 0 Å². The topological polar surface area (TPSA) is 251 Å². The van der Waals surface area contributed by atoms with Crippen molar-refractivity contribution in [1.82, 2.24) is 20.5 Å². The monoisotopic (exact) mass is 1090 g/mol. The number of phenolic OH excluding ortho intramolecular Hbond substituents is 1. The van der Waals surface area contributed by atoms with Gasteiger partial charge in [0.05, 0.1) is 17.3 Å². The number of phenols is 1. The van der Waals surface area contributed by atoms with Gasteiger partial charge in [-0.25, -0.2) is 14.4 Å². The molecule has 0 unspecified atom stereocenters. The third-order valence-electron chi connectivity index (χ3n) is 12.3. The van der Waals surface area contributed by atoms with E-state index in [1.807, 2.05) is 61.5 Å². The van der Waals surface area contributed by atoms with Crippen molar-refractivity contribution < 1.29 is 75.5 Å². The molecule has 8 N–H and O–H groups in total. The van der Waals surface area contributed by atoms with Crippen LogP contribution in [0.3, 0.4) is 0 Å². The van der Waals surface area contributed by atoms with Crippen LogP contribution in [0.15, 0.2) is 132 Å². The minimum Gasteiger partial charge on any atom is -0.506 e. The van der Waals surface area contributed by atoms with E-state index in [2.05, 4.69) is 50.1 Å². The molecule has 0 spiro atoms. The average molecular weight is 1090 g/mol. The molecule has 5 aromatic carbocycles. The molecule has 17 nitrogen and oxygen atoms in total. The molecule has 1 aromatic heterocycles. The fourth-order valence-corrected chi connectivity index (χ4v) is 8.07. The van der Waals surface area contributed by atoms with E-state index in [0.717, 1.165) is 41.8 Å². The third-order valence-corrected chi connectivity index (χ3v) is 12.3. The van der Waals surface area contributed by atoms with Crippen molar-refractivity contribution in [3.05, 3.63) is 160 Å². The molecule has 0 aliphatic carbocycles. The molecule has 0 bridgehead atoms. The Balaban J connectivity index is 0.000000706. The van der Waals surface area contributed by atoms with Gasteiger partial charge in [0.25, 0.3) is 5.91 Å². The average Bonchev–Trinajstić information content (AvgIpc) is 3.41. The van der Waals surface area contributed by atoms with Gasteiger partial charge < -0.3 is 50.6 Å². The van der Waals surface area contributed by atoms with Crippen LogP contribution in [-0.2, 0) is 32.0 Å². The lowest BCUT2D eigenvalue weighted by molar-refractivity contribution is -0.193. The number of carbonyl (C=O) groups is 5. The lowest BCUT2D eigenvalue weighted by Crippen LogP contribution is -2.40. The van der Waals surface area contributed by atoms with Crippen LogP contribution >= 0.6 is 0 Å². The summed E-state index contributed by atoms with van der Waals surface area (Å²) >= 11 is 0. The molecule has 416 valence electrons. The number of hydrogen-bond acceptors (Lipinski definition) is 11. The van der Waals surface area contributed by atoms with E-state index in [-0.39, 0.29) is 35.3 Å². The van der Waals surface area contributed by atoms with Gasteiger partial charge in [0.2, 0.25) is 11.5 Å². The van der Waals surface area contributed by atoms with Crippen LogP contribution in [0.4, 0.5) is 42.5 Å². The Kier molecular flexibility index (Phi) is 21.9. The molecule has 0 radical (unpaired) electrons. The first-order valence-electron chi connectivity index (χ1n) is 24.3. The Bertz CT molecular complexity index is 3000. The van der Waals surface area contributed by atoms with Crippen LogP contribution in [-0.4, -0.2) is 124 Å². The number of nitrogens with zero attached hydrogens (tertiary/aromatic N) is 2. The van der Waals surface area contributed by atoms with E-state index < -0.39 is 36.5 Å². The first kappa shape index (κ1) is 60.6. The van der Waals surface area contributed by atoms with Gasteiger partial charge in [0.1, 0.15) is 11.9 Å².